The molecule has 2 aromatic rings. The van der Waals surface area contributed by atoms with Crippen molar-refractivity contribution in [1.82, 2.24) is 10.4 Å². The van der Waals surface area contributed by atoms with E-state index in [0.29, 0.717) is 18.5 Å². The standard InChI is InChI=1S/C20H19N3O6S/c24-18(30-17-4-2-1-3-5-17)11-8-15-12-22(19(15)25)21-20(26)29-13-14-6-9-16(10-7-14)23(27)28/h1-7,9-10,15H,8,11-13H2,(H,21,26)/t15-/m0/s1. The Morgan fingerprint density at radius 1 is 1.17 bits per heavy atom. The third-order valence-electron chi connectivity index (χ3n) is 4.43. The summed E-state index contributed by atoms with van der Waals surface area (Å²) in [7, 11) is 0. The van der Waals surface area contributed by atoms with Crippen LogP contribution in [0.25, 0.3) is 0 Å². The minimum Gasteiger partial charge on any atom is -0.443 e. The van der Waals surface area contributed by atoms with Crippen LogP contribution in [0.15, 0.2) is 59.5 Å². The Hall–Kier alpha value is -3.40. The number of nitro benzene ring substituents is 1. The number of thioether (sulfide) groups is 1. The van der Waals surface area contributed by atoms with Crippen LogP contribution < -0.4 is 5.43 Å². The molecule has 1 heterocycles. The molecule has 156 valence electrons. The van der Waals surface area contributed by atoms with Gasteiger partial charge in [-0.2, -0.15) is 0 Å². The Morgan fingerprint density at radius 3 is 2.50 bits per heavy atom. The largest absolute Gasteiger partial charge is 0.443 e. The van der Waals surface area contributed by atoms with E-state index in [0.717, 1.165) is 21.7 Å². The molecule has 0 bridgehead atoms. The van der Waals surface area contributed by atoms with Crippen LogP contribution in [0.4, 0.5) is 10.5 Å². The Balaban J connectivity index is 1.34. The van der Waals surface area contributed by atoms with Crippen molar-refractivity contribution in [3.63, 3.8) is 0 Å². The lowest BCUT2D eigenvalue weighted by molar-refractivity contribution is -0.384. The molecule has 1 aliphatic rings. The fourth-order valence-corrected chi connectivity index (χ4v) is 3.56. The molecule has 1 fully saturated rings. The zero-order chi connectivity index (χ0) is 21.5. The van der Waals surface area contributed by atoms with Gasteiger partial charge in [0, 0.05) is 23.4 Å². The Morgan fingerprint density at radius 2 is 1.87 bits per heavy atom. The number of rotatable bonds is 8. The number of hydrogen-bond donors (Lipinski definition) is 1. The van der Waals surface area contributed by atoms with Crippen molar-refractivity contribution in [2.24, 2.45) is 5.92 Å². The third kappa shape index (κ3) is 5.80. The zero-order valence-corrected chi connectivity index (χ0v) is 16.7. The molecule has 10 heteroatoms. The molecule has 0 saturated carbocycles. The molecule has 0 spiro atoms. The van der Waals surface area contributed by atoms with Crippen molar-refractivity contribution in [3.05, 3.63) is 70.3 Å². The second-order valence-electron chi connectivity index (χ2n) is 6.58. The lowest BCUT2D eigenvalue weighted by Crippen LogP contribution is -2.60. The van der Waals surface area contributed by atoms with E-state index in [1.165, 1.54) is 24.3 Å². The smallest absolute Gasteiger partial charge is 0.426 e. The van der Waals surface area contributed by atoms with Gasteiger partial charge in [0.15, 0.2) is 5.12 Å². The molecule has 0 radical (unpaired) electrons. The van der Waals surface area contributed by atoms with E-state index in [2.05, 4.69) is 5.43 Å². The van der Waals surface area contributed by atoms with Crippen LogP contribution in [-0.4, -0.2) is 33.6 Å². The van der Waals surface area contributed by atoms with Gasteiger partial charge in [-0.3, -0.25) is 24.7 Å². The molecule has 1 atom stereocenters. The van der Waals surface area contributed by atoms with Gasteiger partial charge in [-0.25, -0.2) is 10.2 Å². The van der Waals surface area contributed by atoms with E-state index in [1.807, 2.05) is 30.3 Å². The molecule has 3 rings (SSSR count). The third-order valence-corrected chi connectivity index (χ3v) is 5.37. The highest BCUT2D eigenvalue weighted by molar-refractivity contribution is 8.13. The fraction of sp³-hybridized carbons (Fsp3) is 0.250. The van der Waals surface area contributed by atoms with Gasteiger partial charge in [-0.15, -0.1) is 0 Å². The SMILES string of the molecule is O=C(NN1C[C@H](CCC(=O)Sc2ccccc2)C1=O)OCc1ccc([N+](=O)[O-])cc1. The number of hydrazine groups is 1. The average Bonchev–Trinajstić information content (AvgIpc) is 2.75. The second-order valence-corrected chi connectivity index (χ2v) is 7.71. The number of non-ortho nitro benzene ring substituents is 1. The van der Waals surface area contributed by atoms with Crippen molar-refractivity contribution < 1.29 is 24.0 Å². The lowest BCUT2D eigenvalue weighted by Gasteiger charge is -2.37. The molecular formula is C20H19N3O6S. The van der Waals surface area contributed by atoms with Crippen molar-refractivity contribution in [2.45, 2.75) is 24.3 Å². The molecule has 2 amide bonds. The number of ether oxygens (including phenoxy) is 1. The van der Waals surface area contributed by atoms with Crippen molar-refractivity contribution in [1.29, 1.82) is 0 Å². The van der Waals surface area contributed by atoms with Crippen LogP contribution in [0.1, 0.15) is 18.4 Å². The summed E-state index contributed by atoms with van der Waals surface area (Å²) >= 11 is 1.15. The number of nitrogens with zero attached hydrogens (tertiary/aromatic N) is 2. The van der Waals surface area contributed by atoms with Crippen LogP contribution in [0.2, 0.25) is 0 Å². The second kappa shape index (κ2) is 9.88. The monoisotopic (exact) mass is 429 g/mol. The molecule has 9 nitrogen and oxygen atoms in total. The van der Waals surface area contributed by atoms with Gasteiger partial charge in [0.25, 0.3) is 5.69 Å². The van der Waals surface area contributed by atoms with Gasteiger partial charge >= 0.3 is 6.09 Å². The van der Waals surface area contributed by atoms with Gasteiger partial charge in [0.2, 0.25) is 5.91 Å². The quantitative estimate of drug-likeness (QED) is 0.296. The number of benzene rings is 2. The maximum atomic E-state index is 12.1. The first-order chi connectivity index (χ1) is 14.4. The summed E-state index contributed by atoms with van der Waals surface area (Å²) in [5.41, 5.74) is 2.87. The van der Waals surface area contributed by atoms with Gasteiger partial charge in [0.05, 0.1) is 17.4 Å². The summed E-state index contributed by atoms with van der Waals surface area (Å²) in [6.45, 7) is 0.231. The zero-order valence-electron chi connectivity index (χ0n) is 15.9. The maximum absolute atomic E-state index is 12.1. The molecule has 0 unspecified atom stereocenters. The Bertz CT molecular complexity index is 935. The van der Waals surface area contributed by atoms with Crippen LogP contribution in [-0.2, 0) is 20.9 Å². The summed E-state index contributed by atoms with van der Waals surface area (Å²) in [6, 6.07) is 14.9. The normalized spacial score (nSPS) is 15.3. The first kappa shape index (κ1) is 21.3. The first-order valence-corrected chi connectivity index (χ1v) is 9.98. The van der Waals surface area contributed by atoms with E-state index >= 15 is 0 Å². The van der Waals surface area contributed by atoms with E-state index < -0.39 is 11.0 Å². The minimum atomic E-state index is -0.795. The Labute approximate surface area is 176 Å². The highest BCUT2D eigenvalue weighted by atomic mass is 32.2. The molecule has 0 aliphatic carbocycles. The van der Waals surface area contributed by atoms with Crippen molar-refractivity contribution >= 4 is 34.6 Å². The van der Waals surface area contributed by atoms with Gasteiger partial charge in [-0.05, 0) is 36.2 Å². The average molecular weight is 429 g/mol. The van der Waals surface area contributed by atoms with Crippen LogP contribution in [0.5, 0.6) is 0 Å². The van der Waals surface area contributed by atoms with E-state index in [1.54, 1.807) is 0 Å². The van der Waals surface area contributed by atoms with E-state index in [9.17, 15) is 24.5 Å². The fourth-order valence-electron chi connectivity index (χ4n) is 2.78. The molecule has 1 aliphatic heterocycles. The summed E-state index contributed by atoms with van der Waals surface area (Å²) in [6.07, 6.45) is -0.0991. The molecule has 1 N–H and O–H groups in total. The number of nitro groups is 1. The van der Waals surface area contributed by atoms with Gasteiger partial charge < -0.3 is 4.74 Å². The predicted molar refractivity (Wildman–Crippen MR) is 108 cm³/mol. The lowest BCUT2D eigenvalue weighted by atomic mass is 9.95. The number of amides is 2. The summed E-state index contributed by atoms with van der Waals surface area (Å²) in [5, 5.41) is 11.8. The number of carbonyl (C=O) groups is 3. The first-order valence-electron chi connectivity index (χ1n) is 9.16. The van der Waals surface area contributed by atoms with Crippen molar-refractivity contribution in [3.8, 4) is 0 Å². The molecule has 1 saturated heterocycles. The summed E-state index contributed by atoms with van der Waals surface area (Å²) in [4.78, 5) is 46.9. The summed E-state index contributed by atoms with van der Waals surface area (Å²) in [5.74, 6) is -0.569. The molecular weight excluding hydrogens is 410 g/mol. The number of β-lactam (4-membered cyclic amide) rings is 1. The van der Waals surface area contributed by atoms with Crippen LogP contribution in [0, 0.1) is 16.0 Å². The molecule has 30 heavy (non-hydrogen) atoms. The highest BCUT2D eigenvalue weighted by Gasteiger charge is 2.38. The maximum Gasteiger partial charge on any atom is 0.426 e. The Kier molecular flexibility index (Phi) is 7.02. The van der Waals surface area contributed by atoms with Crippen LogP contribution >= 0.6 is 11.8 Å². The number of carbonyl (C=O) groups excluding carboxylic acids is 3. The highest BCUT2D eigenvalue weighted by Crippen LogP contribution is 2.25. The number of nitrogens with one attached hydrogen (secondary N) is 1. The van der Waals surface area contributed by atoms with E-state index in [-0.39, 0.29) is 35.7 Å². The molecule has 2 aromatic carbocycles. The molecule has 0 aromatic heterocycles. The van der Waals surface area contributed by atoms with Crippen molar-refractivity contribution in [2.75, 3.05) is 6.54 Å². The van der Waals surface area contributed by atoms with Gasteiger partial charge in [0.1, 0.15) is 6.61 Å². The summed E-state index contributed by atoms with van der Waals surface area (Å²) < 4.78 is 5.01. The van der Waals surface area contributed by atoms with E-state index in [4.69, 9.17) is 4.74 Å². The topological polar surface area (TPSA) is 119 Å². The number of hydrogen-bond acceptors (Lipinski definition) is 7. The van der Waals surface area contributed by atoms with Crippen LogP contribution in [0.3, 0.4) is 0 Å². The minimum absolute atomic E-state index is 0.0112. The predicted octanol–water partition coefficient (Wildman–Crippen LogP) is 3.29. The van der Waals surface area contributed by atoms with Gasteiger partial charge in [-0.1, -0.05) is 30.0 Å².